The molecule has 0 amide bonds. The lowest BCUT2D eigenvalue weighted by Gasteiger charge is -2.42. The smallest absolute Gasteiger partial charge is 0.123 e. The van der Waals surface area contributed by atoms with Gasteiger partial charge in [0.1, 0.15) is 5.82 Å². The molecule has 1 fully saturated rings. The van der Waals surface area contributed by atoms with Gasteiger partial charge >= 0.3 is 0 Å². The van der Waals surface area contributed by atoms with Gasteiger partial charge < -0.3 is 10.6 Å². The van der Waals surface area contributed by atoms with Crippen LogP contribution >= 0.6 is 0 Å². The first-order valence-corrected chi connectivity index (χ1v) is 5.93. The zero-order valence-corrected chi connectivity index (χ0v) is 9.52. The summed E-state index contributed by atoms with van der Waals surface area (Å²) < 4.78 is 13.1. The third-order valence-electron chi connectivity index (χ3n) is 3.74. The molecule has 1 atom stereocenters. The quantitative estimate of drug-likeness (QED) is 0.793. The molecule has 1 aromatic rings. The van der Waals surface area contributed by atoms with Crippen LogP contribution in [-0.4, -0.2) is 18.6 Å². The second-order valence-corrected chi connectivity index (χ2v) is 5.24. The summed E-state index contributed by atoms with van der Waals surface area (Å²) in [6.45, 7) is 4.30. The maximum atomic E-state index is 13.1. The summed E-state index contributed by atoms with van der Waals surface area (Å²) in [7, 11) is 0. The molecule has 1 unspecified atom stereocenters. The highest BCUT2D eigenvalue weighted by Crippen LogP contribution is 2.33. The maximum Gasteiger partial charge on any atom is 0.123 e. The first-order chi connectivity index (χ1) is 7.66. The van der Waals surface area contributed by atoms with Crippen molar-refractivity contribution in [3.05, 3.63) is 35.1 Å². The normalized spacial score (nSPS) is 26.2. The fraction of sp³-hybridized carbons (Fsp3) is 0.538. The van der Waals surface area contributed by atoms with E-state index in [-0.39, 0.29) is 11.4 Å². The van der Waals surface area contributed by atoms with Crippen LogP contribution in [0.2, 0.25) is 0 Å². The summed E-state index contributed by atoms with van der Waals surface area (Å²) in [5.74, 6) is -0.115. The van der Waals surface area contributed by atoms with Crippen LogP contribution in [0, 0.1) is 5.82 Å². The van der Waals surface area contributed by atoms with Gasteiger partial charge in [0.2, 0.25) is 0 Å². The highest BCUT2D eigenvalue weighted by molar-refractivity contribution is 5.35. The van der Waals surface area contributed by atoms with Crippen molar-refractivity contribution in [2.24, 2.45) is 0 Å². The van der Waals surface area contributed by atoms with Crippen LogP contribution in [0.15, 0.2) is 18.2 Å². The highest BCUT2D eigenvalue weighted by atomic mass is 19.1. The van der Waals surface area contributed by atoms with E-state index < -0.39 is 0 Å². The Kier molecular flexibility index (Phi) is 2.26. The van der Waals surface area contributed by atoms with Gasteiger partial charge in [-0.1, -0.05) is 6.07 Å². The van der Waals surface area contributed by atoms with Crippen molar-refractivity contribution < 1.29 is 4.39 Å². The zero-order valence-electron chi connectivity index (χ0n) is 9.52. The number of hydrogen-bond donors (Lipinski definition) is 2. The van der Waals surface area contributed by atoms with Gasteiger partial charge in [0.15, 0.2) is 0 Å². The summed E-state index contributed by atoms with van der Waals surface area (Å²) >= 11 is 0. The fourth-order valence-corrected chi connectivity index (χ4v) is 2.76. The van der Waals surface area contributed by atoms with Gasteiger partial charge in [-0.15, -0.1) is 0 Å². The topological polar surface area (TPSA) is 24.1 Å². The van der Waals surface area contributed by atoms with Crippen molar-refractivity contribution in [2.45, 2.75) is 31.3 Å². The predicted octanol–water partition coefficient (Wildman–Crippen LogP) is 1.76. The molecule has 1 aliphatic carbocycles. The first kappa shape index (κ1) is 10.2. The van der Waals surface area contributed by atoms with Gasteiger partial charge in [-0.2, -0.15) is 0 Å². The number of halogens is 1. The van der Waals surface area contributed by atoms with E-state index in [2.05, 4.69) is 17.6 Å². The number of benzene rings is 1. The van der Waals surface area contributed by atoms with E-state index >= 15 is 0 Å². The van der Waals surface area contributed by atoms with E-state index in [1.54, 1.807) is 12.1 Å². The van der Waals surface area contributed by atoms with Crippen molar-refractivity contribution in [2.75, 3.05) is 13.1 Å². The summed E-state index contributed by atoms with van der Waals surface area (Å²) in [5.41, 5.74) is 2.68. The molecule has 2 N–H and O–H groups in total. The van der Waals surface area contributed by atoms with E-state index in [9.17, 15) is 4.39 Å². The number of nitrogens with one attached hydrogen (secondary N) is 2. The molecule has 0 saturated carbocycles. The van der Waals surface area contributed by atoms with Crippen molar-refractivity contribution in [3.8, 4) is 0 Å². The minimum Gasteiger partial charge on any atom is -0.313 e. The number of aryl methyl sites for hydroxylation is 1. The molecule has 86 valence electrons. The monoisotopic (exact) mass is 220 g/mol. The summed E-state index contributed by atoms with van der Waals surface area (Å²) in [4.78, 5) is 0. The predicted molar refractivity (Wildman–Crippen MR) is 61.9 cm³/mol. The second kappa shape index (κ2) is 3.54. The van der Waals surface area contributed by atoms with Gasteiger partial charge in [-0.3, -0.25) is 0 Å². The SMILES string of the molecule is CC1(NC2CCc3cc(F)ccc32)CNC1. The van der Waals surface area contributed by atoms with E-state index in [1.165, 1.54) is 11.1 Å². The van der Waals surface area contributed by atoms with Crippen LogP contribution in [0.3, 0.4) is 0 Å². The number of fused-ring (bicyclic) bond motifs is 1. The van der Waals surface area contributed by atoms with Gasteiger partial charge in [0, 0.05) is 24.7 Å². The third-order valence-corrected chi connectivity index (χ3v) is 3.74. The van der Waals surface area contributed by atoms with Crippen LogP contribution in [0.25, 0.3) is 0 Å². The second-order valence-electron chi connectivity index (χ2n) is 5.24. The van der Waals surface area contributed by atoms with Gasteiger partial charge in [-0.05, 0) is 43.0 Å². The molecule has 0 radical (unpaired) electrons. The van der Waals surface area contributed by atoms with E-state index in [0.29, 0.717) is 6.04 Å². The van der Waals surface area contributed by atoms with E-state index in [4.69, 9.17) is 0 Å². The molecule has 0 bridgehead atoms. The van der Waals surface area contributed by atoms with Gasteiger partial charge in [0.05, 0.1) is 0 Å². The summed E-state index contributed by atoms with van der Waals surface area (Å²) in [6, 6.07) is 5.59. The third kappa shape index (κ3) is 1.64. The zero-order chi connectivity index (χ0) is 11.2. The van der Waals surface area contributed by atoms with Crippen molar-refractivity contribution in [1.29, 1.82) is 0 Å². The molecule has 1 saturated heterocycles. The molecule has 0 spiro atoms. The average Bonchev–Trinajstić information content (AvgIpc) is 2.58. The first-order valence-electron chi connectivity index (χ1n) is 5.93. The van der Waals surface area contributed by atoms with Crippen LogP contribution in [-0.2, 0) is 6.42 Å². The Morgan fingerprint density at radius 2 is 2.25 bits per heavy atom. The largest absolute Gasteiger partial charge is 0.313 e. The number of hydrogen-bond acceptors (Lipinski definition) is 2. The standard InChI is InChI=1S/C13H17FN2/c1-13(7-15-8-13)16-12-5-2-9-6-10(14)3-4-11(9)12/h3-4,6,12,15-16H,2,5,7-8H2,1H3. The molecule has 2 nitrogen and oxygen atoms in total. The molecule has 1 aliphatic heterocycles. The maximum absolute atomic E-state index is 13.1. The molecule has 16 heavy (non-hydrogen) atoms. The van der Waals surface area contributed by atoms with Crippen molar-refractivity contribution in [3.63, 3.8) is 0 Å². The van der Waals surface area contributed by atoms with Crippen molar-refractivity contribution in [1.82, 2.24) is 10.6 Å². The Labute approximate surface area is 95.2 Å². The van der Waals surface area contributed by atoms with Crippen LogP contribution in [0.1, 0.15) is 30.5 Å². The Balaban J connectivity index is 1.80. The summed E-state index contributed by atoms with van der Waals surface area (Å²) in [5, 5.41) is 6.97. The van der Waals surface area contributed by atoms with Crippen LogP contribution < -0.4 is 10.6 Å². The molecule has 2 aliphatic rings. The minimum absolute atomic E-state index is 0.115. The molecular formula is C13H17FN2. The van der Waals surface area contributed by atoms with E-state index in [1.807, 2.05) is 6.07 Å². The molecule has 3 heteroatoms. The molecule has 1 aromatic carbocycles. The van der Waals surface area contributed by atoms with Crippen LogP contribution in [0.5, 0.6) is 0 Å². The van der Waals surface area contributed by atoms with Crippen LogP contribution in [0.4, 0.5) is 4.39 Å². The highest BCUT2D eigenvalue weighted by Gasteiger charge is 2.35. The molecule has 0 aromatic heterocycles. The summed E-state index contributed by atoms with van der Waals surface area (Å²) in [6.07, 6.45) is 2.09. The lowest BCUT2D eigenvalue weighted by molar-refractivity contribution is 0.212. The Morgan fingerprint density at radius 1 is 1.44 bits per heavy atom. The van der Waals surface area contributed by atoms with Gasteiger partial charge in [-0.25, -0.2) is 4.39 Å². The Bertz CT molecular complexity index is 412. The minimum atomic E-state index is -0.115. The Hall–Kier alpha value is -0.930. The lowest BCUT2D eigenvalue weighted by Crippen LogP contribution is -2.66. The van der Waals surface area contributed by atoms with Gasteiger partial charge in [0.25, 0.3) is 0 Å². The number of rotatable bonds is 2. The molecular weight excluding hydrogens is 203 g/mol. The average molecular weight is 220 g/mol. The molecule has 3 rings (SSSR count). The van der Waals surface area contributed by atoms with E-state index in [0.717, 1.165) is 25.9 Å². The lowest BCUT2D eigenvalue weighted by atomic mass is 9.93. The Morgan fingerprint density at radius 3 is 2.94 bits per heavy atom. The fourth-order valence-electron chi connectivity index (χ4n) is 2.76. The van der Waals surface area contributed by atoms with Crippen molar-refractivity contribution >= 4 is 0 Å². The molecule has 1 heterocycles.